The van der Waals surface area contributed by atoms with Gasteiger partial charge in [0.2, 0.25) is 5.78 Å². The number of esters is 1. The van der Waals surface area contributed by atoms with Gasteiger partial charge in [0.1, 0.15) is 11.3 Å². The summed E-state index contributed by atoms with van der Waals surface area (Å²) in [4.78, 5) is 22.7. The maximum atomic E-state index is 11.4. The van der Waals surface area contributed by atoms with Crippen molar-refractivity contribution in [2.75, 3.05) is 6.61 Å². The van der Waals surface area contributed by atoms with Crippen LogP contribution in [0.4, 0.5) is 0 Å². The lowest BCUT2D eigenvalue weighted by Gasteiger charge is -2.00. The molecule has 0 aromatic heterocycles. The van der Waals surface area contributed by atoms with Gasteiger partial charge in [-0.2, -0.15) is 0 Å². The topological polar surface area (TPSA) is 63.6 Å². The third kappa shape index (κ3) is 9.40. The van der Waals surface area contributed by atoms with Gasteiger partial charge in [0, 0.05) is 6.42 Å². The number of cyclic esters (lactones) is 1. The minimum atomic E-state index is -0.699. The zero-order valence-electron chi connectivity index (χ0n) is 15.9. The van der Waals surface area contributed by atoms with Crippen molar-refractivity contribution in [1.82, 2.24) is 0 Å². The summed E-state index contributed by atoms with van der Waals surface area (Å²) < 4.78 is 4.60. The molecule has 0 aliphatic carbocycles. The fourth-order valence-electron chi connectivity index (χ4n) is 2.64. The number of carbonyl (C=O) groups excluding carboxylic acids is 2. The van der Waals surface area contributed by atoms with Crippen molar-refractivity contribution in [3.63, 3.8) is 0 Å². The number of aliphatic hydroxyl groups excluding tert-OH is 1. The Morgan fingerprint density at radius 2 is 1.50 bits per heavy atom. The Kier molecular flexibility index (Phi) is 11.9. The van der Waals surface area contributed by atoms with Crippen molar-refractivity contribution in [2.45, 2.75) is 71.1 Å². The molecule has 1 heterocycles. The number of hydrogen-bond donors (Lipinski definition) is 1. The molecule has 0 atom stereocenters. The van der Waals surface area contributed by atoms with E-state index in [0.717, 1.165) is 32.1 Å². The Morgan fingerprint density at radius 1 is 0.923 bits per heavy atom. The summed E-state index contributed by atoms with van der Waals surface area (Å²) in [7, 11) is 0. The zero-order valence-corrected chi connectivity index (χ0v) is 15.9. The van der Waals surface area contributed by atoms with Crippen LogP contribution in [0.3, 0.4) is 0 Å². The number of ether oxygens (including phenoxy) is 1. The van der Waals surface area contributed by atoms with E-state index >= 15 is 0 Å². The molecule has 1 saturated heterocycles. The molecule has 0 saturated carbocycles. The fraction of sp³-hybridized carbons (Fsp3) is 0.545. The van der Waals surface area contributed by atoms with Crippen LogP contribution in [0, 0.1) is 0 Å². The molecule has 0 aromatic carbocycles. The highest BCUT2D eigenvalue weighted by Gasteiger charge is 2.31. The molecule has 26 heavy (non-hydrogen) atoms. The molecule has 1 aliphatic heterocycles. The SMILES string of the molecule is CCCCCC=CCC=CCC=CCCCCC(O)=C1C(=O)COC1=O. The lowest BCUT2D eigenvalue weighted by atomic mass is 10.1. The van der Waals surface area contributed by atoms with Crippen molar-refractivity contribution in [3.05, 3.63) is 47.8 Å². The second-order valence-corrected chi connectivity index (χ2v) is 6.45. The van der Waals surface area contributed by atoms with Crippen LogP contribution >= 0.6 is 0 Å². The zero-order chi connectivity index (χ0) is 19.0. The number of carbonyl (C=O) groups is 2. The first-order chi connectivity index (χ1) is 12.7. The van der Waals surface area contributed by atoms with Crippen LogP contribution in [0.1, 0.15) is 71.1 Å². The minimum Gasteiger partial charge on any atom is -0.511 e. The summed E-state index contributed by atoms with van der Waals surface area (Å²) in [5.41, 5.74) is -0.162. The lowest BCUT2D eigenvalue weighted by molar-refractivity contribution is -0.135. The van der Waals surface area contributed by atoms with E-state index in [4.69, 9.17) is 0 Å². The van der Waals surface area contributed by atoms with Crippen LogP contribution < -0.4 is 0 Å². The van der Waals surface area contributed by atoms with Gasteiger partial charge in [-0.05, 0) is 44.9 Å². The van der Waals surface area contributed by atoms with Gasteiger partial charge < -0.3 is 9.84 Å². The lowest BCUT2D eigenvalue weighted by Crippen LogP contribution is -2.05. The van der Waals surface area contributed by atoms with Crippen LogP contribution in [0.15, 0.2) is 47.8 Å². The summed E-state index contributed by atoms with van der Waals surface area (Å²) in [6.45, 7) is 1.97. The molecule has 0 spiro atoms. The first kappa shape index (κ1) is 21.9. The highest BCUT2D eigenvalue weighted by atomic mass is 16.5. The van der Waals surface area contributed by atoms with Gasteiger partial charge in [-0.15, -0.1) is 0 Å². The quantitative estimate of drug-likeness (QED) is 0.117. The Bertz CT molecular complexity index is 534. The summed E-state index contributed by atoms with van der Waals surface area (Å²) in [5.74, 6) is -1.25. The Balaban J connectivity index is 2.04. The van der Waals surface area contributed by atoms with Gasteiger partial charge in [0.25, 0.3) is 0 Å². The number of unbranched alkanes of at least 4 members (excludes halogenated alkanes) is 5. The second kappa shape index (κ2) is 14.1. The monoisotopic (exact) mass is 360 g/mol. The van der Waals surface area contributed by atoms with Crippen LogP contribution in [-0.2, 0) is 14.3 Å². The third-order valence-corrected chi connectivity index (χ3v) is 4.16. The third-order valence-electron chi connectivity index (χ3n) is 4.16. The molecule has 0 aromatic rings. The molecule has 4 heteroatoms. The highest BCUT2D eigenvalue weighted by molar-refractivity contribution is 6.22. The van der Waals surface area contributed by atoms with E-state index in [9.17, 15) is 14.7 Å². The van der Waals surface area contributed by atoms with Gasteiger partial charge in [-0.25, -0.2) is 4.79 Å². The molecular formula is C22H32O4. The summed E-state index contributed by atoms with van der Waals surface area (Å²) in [5, 5.41) is 9.82. The number of Topliss-reactive ketones (excluding diaryl/α,β-unsaturated/α-hetero) is 1. The Morgan fingerprint density at radius 3 is 2.04 bits per heavy atom. The summed E-state index contributed by atoms with van der Waals surface area (Å²) in [6.07, 6.45) is 23.0. The molecular weight excluding hydrogens is 328 g/mol. The molecule has 1 aliphatic rings. The smallest absolute Gasteiger partial charge is 0.345 e. The first-order valence-corrected chi connectivity index (χ1v) is 9.74. The van der Waals surface area contributed by atoms with Gasteiger partial charge in [0.15, 0.2) is 6.61 Å². The normalized spacial score (nSPS) is 17.1. The number of rotatable bonds is 13. The van der Waals surface area contributed by atoms with Crippen molar-refractivity contribution in [1.29, 1.82) is 0 Å². The molecule has 1 N–H and O–H groups in total. The standard InChI is InChI=1S/C22H32O4/c1-2-3-4-5-6-7-8-9-10-11-12-13-14-15-16-17-19(23)21-20(24)18-26-22(21)25/h6-7,9-10,12-13,23H,2-5,8,11,14-18H2,1H3. The van der Waals surface area contributed by atoms with Gasteiger partial charge in [-0.3, -0.25) is 4.79 Å². The van der Waals surface area contributed by atoms with Crippen LogP contribution in [-0.4, -0.2) is 23.5 Å². The molecule has 0 unspecified atom stereocenters. The largest absolute Gasteiger partial charge is 0.511 e. The van der Waals surface area contributed by atoms with Crippen molar-refractivity contribution in [3.8, 4) is 0 Å². The maximum absolute atomic E-state index is 11.4. The average Bonchev–Trinajstić information content (AvgIpc) is 2.96. The summed E-state index contributed by atoms with van der Waals surface area (Å²) >= 11 is 0. The Hall–Kier alpha value is -2.10. The van der Waals surface area contributed by atoms with Crippen molar-refractivity contribution in [2.24, 2.45) is 0 Å². The first-order valence-electron chi connectivity index (χ1n) is 9.74. The van der Waals surface area contributed by atoms with E-state index in [2.05, 4.69) is 48.1 Å². The molecule has 0 amide bonds. The van der Waals surface area contributed by atoms with Crippen LogP contribution in [0.2, 0.25) is 0 Å². The molecule has 1 fully saturated rings. The summed E-state index contributed by atoms with van der Waals surface area (Å²) in [6, 6.07) is 0. The van der Waals surface area contributed by atoms with Crippen molar-refractivity contribution >= 4 is 11.8 Å². The predicted molar refractivity (Wildman–Crippen MR) is 105 cm³/mol. The van der Waals surface area contributed by atoms with E-state index in [-0.39, 0.29) is 17.9 Å². The molecule has 0 radical (unpaired) electrons. The predicted octanol–water partition coefficient (Wildman–Crippen LogP) is 5.51. The van der Waals surface area contributed by atoms with E-state index in [1.165, 1.54) is 25.7 Å². The number of hydrogen-bond acceptors (Lipinski definition) is 4. The fourth-order valence-corrected chi connectivity index (χ4v) is 2.64. The van der Waals surface area contributed by atoms with E-state index in [0.29, 0.717) is 6.42 Å². The maximum Gasteiger partial charge on any atom is 0.345 e. The van der Waals surface area contributed by atoms with E-state index in [1.54, 1.807) is 0 Å². The van der Waals surface area contributed by atoms with Gasteiger partial charge >= 0.3 is 5.97 Å². The molecule has 1 rings (SSSR count). The van der Waals surface area contributed by atoms with Crippen molar-refractivity contribution < 1.29 is 19.4 Å². The Labute approximate surface area is 157 Å². The van der Waals surface area contributed by atoms with E-state index in [1.807, 2.05) is 0 Å². The molecule has 144 valence electrons. The average molecular weight is 360 g/mol. The van der Waals surface area contributed by atoms with Crippen LogP contribution in [0.5, 0.6) is 0 Å². The van der Waals surface area contributed by atoms with Gasteiger partial charge in [0.05, 0.1) is 0 Å². The van der Waals surface area contributed by atoms with E-state index < -0.39 is 11.8 Å². The number of ketones is 1. The molecule has 4 nitrogen and oxygen atoms in total. The highest BCUT2D eigenvalue weighted by Crippen LogP contribution is 2.17. The number of aliphatic hydroxyl groups is 1. The van der Waals surface area contributed by atoms with Gasteiger partial charge in [-0.1, -0.05) is 56.2 Å². The minimum absolute atomic E-state index is 0.132. The number of allylic oxidation sites excluding steroid dienone is 7. The van der Waals surface area contributed by atoms with Crippen LogP contribution in [0.25, 0.3) is 0 Å². The molecule has 0 bridgehead atoms. The second-order valence-electron chi connectivity index (χ2n) is 6.45.